The number of carbonyl (C=O) groups is 1. The normalized spacial score (nSPS) is 11.7. The van der Waals surface area contributed by atoms with Crippen molar-refractivity contribution in [3.63, 3.8) is 0 Å². The predicted octanol–water partition coefficient (Wildman–Crippen LogP) is 4.94. The molecule has 43 heavy (non-hydrogen) atoms. The first-order valence-corrected chi connectivity index (χ1v) is 15.1. The molecular weight excluding hydrogens is 560 g/mol. The number of amides is 1. The number of aromatic nitrogens is 3. The summed E-state index contributed by atoms with van der Waals surface area (Å²) in [5.74, 6) is 2.33. The molecule has 0 aliphatic rings. The smallest absolute Gasteiger partial charge is 0.309 e. The minimum absolute atomic E-state index is 0.0851. The predicted molar refractivity (Wildman–Crippen MR) is 167 cm³/mol. The van der Waals surface area contributed by atoms with Crippen molar-refractivity contribution in [2.75, 3.05) is 6.54 Å². The summed E-state index contributed by atoms with van der Waals surface area (Å²) >= 11 is 0. The fourth-order valence-electron chi connectivity index (χ4n) is 6.07. The first kappa shape index (κ1) is 28.1. The molecule has 0 fully saturated rings. The van der Waals surface area contributed by atoms with Crippen LogP contribution in [0.1, 0.15) is 16.7 Å². The van der Waals surface area contributed by atoms with Crippen LogP contribution in [0.5, 0.6) is 0 Å². The number of carbonyl (C=O) groups excluding carboxylic acids is 1. The van der Waals surface area contributed by atoms with Gasteiger partial charge in [-0.15, -0.1) is 6.42 Å². The van der Waals surface area contributed by atoms with E-state index < -0.39 is 10.1 Å². The molecule has 0 atom stereocenters. The Kier molecular flexibility index (Phi) is 6.97. The Balaban J connectivity index is 0.000000214. The summed E-state index contributed by atoms with van der Waals surface area (Å²) in [6.45, 7) is 5.52. The van der Waals surface area contributed by atoms with Crippen molar-refractivity contribution in [1.82, 2.24) is 14.9 Å². The molecule has 214 valence electrons. The lowest BCUT2D eigenvalue weighted by molar-refractivity contribution is -0.632. The van der Waals surface area contributed by atoms with E-state index in [0.717, 1.165) is 38.5 Å². The van der Waals surface area contributed by atoms with Gasteiger partial charge in [0.15, 0.2) is 12.1 Å². The molecule has 9 heteroatoms. The monoisotopic (exact) mass is 588 g/mol. The van der Waals surface area contributed by atoms with Crippen LogP contribution in [0.4, 0.5) is 0 Å². The molecule has 1 N–H and O–H groups in total. The Hall–Kier alpha value is -5.04. The second-order valence-corrected chi connectivity index (χ2v) is 11.9. The van der Waals surface area contributed by atoms with Crippen molar-refractivity contribution in [2.45, 2.75) is 32.2 Å². The summed E-state index contributed by atoms with van der Waals surface area (Å²) < 4.78 is 36.4. The standard InChI is InChI=1S/C25H16N4O.C9H12O3S/c1-2-13-26-22(30)15-28-20-11-3-4-12-21(20)29-23(28)14-19-17-9-5-7-16-8-6-10-18(24(16)17)25(19)27-29;1-6-4-7(2)9(8(3)5-6)13(10,11)12/h1,3-12,14H,13,15H2;4-5H,1-3H3,(H,10,11,12). The van der Waals surface area contributed by atoms with E-state index in [-0.39, 0.29) is 23.9 Å². The van der Waals surface area contributed by atoms with Crippen molar-refractivity contribution in [2.24, 2.45) is 0 Å². The number of nitrogens with one attached hydrogen (secondary N) is 1. The van der Waals surface area contributed by atoms with Crippen LogP contribution in [-0.2, 0) is 21.5 Å². The molecular formula is C34H28N4O4S. The average Bonchev–Trinajstić information content (AvgIpc) is 3.43. The maximum Gasteiger partial charge on any atom is 0.309 e. The van der Waals surface area contributed by atoms with Crippen molar-refractivity contribution >= 4 is 65.2 Å². The summed E-state index contributed by atoms with van der Waals surface area (Å²) in [4.78, 5) is 12.4. The quantitative estimate of drug-likeness (QED) is 0.178. The number of nitrogens with zero attached hydrogens (tertiary/aromatic N) is 3. The number of rotatable bonds is 4. The highest BCUT2D eigenvalue weighted by Crippen LogP contribution is 2.37. The van der Waals surface area contributed by atoms with E-state index in [1.807, 2.05) is 40.3 Å². The lowest BCUT2D eigenvalue weighted by Gasteiger charge is -2.14. The first-order valence-electron chi connectivity index (χ1n) is 13.7. The van der Waals surface area contributed by atoms with Gasteiger partial charge in [-0.3, -0.25) is 4.79 Å². The van der Waals surface area contributed by atoms with Crippen molar-refractivity contribution in [3.05, 3.63) is 95.6 Å². The van der Waals surface area contributed by atoms with Gasteiger partial charge in [0.2, 0.25) is 5.52 Å². The number of fused-ring (bicyclic) bond motifs is 6. The van der Waals surface area contributed by atoms with Crippen LogP contribution in [0.2, 0.25) is 0 Å². The maximum absolute atomic E-state index is 12.5. The molecule has 0 bridgehead atoms. The first-order chi connectivity index (χ1) is 20.6. The number of para-hydroxylation sites is 2. The van der Waals surface area contributed by atoms with Gasteiger partial charge in [0.05, 0.1) is 11.4 Å². The van der Waals surface area contributed by atoms with Gasteiger partial charge in [-0.25, -0.2) is 13.0 Å². The second-order valence-electron chi connectivity index (χ2n) is 10.6. The molecule has 5 aromatic carbocycles. The fraction of sp³-hybridized carbons (Fsp3) is 0.147. The summed E-state index contributed by atoms with van der Waals surface area (Å²) in [5.41, 5.74) is 5.76. The number of terminal acetylenes is 1. The molecule has 7 aromatic rings. The van der Waals surface area contributed by atoms with Gasteiger partial charge < -0.3 is 9.87 Å². The second kappa shape index (κ2) is 10.7. The van der Waals surface area contributed by atoms with E-state index >= 15 is 0 Å². The molecule has 0 unspecified atom stereocenters. The Labute approximate surface area is 248 Å². The zero-order chi connectivity index (χ0) is 30.5. The summed E-state index contributed by atoms with van der Waals surface area (Å²) in [6.07, 6.45) is 5.29. The van der Waals surface area contributed by atoms with Gasteiger partial charge in [-0.05, 0) is 60.2 Å². The van der Waals surface area contributed by atoms with Crippen LogP contribution in [0.15, 0.2) is 83.8 Å². The molecule has 2 heterocycles. The lowest BCUT2D eigenvalue weighted by atomic mass is 10.1. The van der Waals surface area contributed by atoms with Gasteiger partial charge in [-0.2, -0.15) is 0 Å². The SMILES string of the molecule is C#CCNC(=O)C[n+]1c2ccccc2n2nc3c(cc21)c1cccc2cccc3c21.Cc1cc(C)c(S(=O)(=O)[O-])c(C)c1. The highest BCUT2D eigenvalue weighted by atomic mass is 32.2. The summed E-state index contributed by atoms with van der Waals surface area (Å²) in [5, 5.41) is 13.7. The Bertz CT molecular complexity index is 2340. The molecule has 7 rings (SSSR count). The molecule has 1 amide bonds. The fourth-order valence-corrected chi connectivity index (χ4v) is 6.98. The van der Waals surface area contributed by atoms with Gasteiger partial charge in [0.1, 0.15) is 15.6 Å². The van der Waals surface area contributed by atoms with E-state index in [4.69, 9.17) is 11.5 Å². The summed E-state index contributed by atoms with van der Waals surface area (Å²) in [6, 6.07) is 26.2. The number of imidazole rings is 1. The van der Waals surface area contributed by atoms with E-state index in [2.05, 4.69) is 53.7 Å². The number of hydrogen-bond acceptors (Lipinski definition) is 5. The molecule has 0 saturated carbocycles. The van der Waals surface area contributed by atoms with Crippen molar-refractivity contribution in [1.29, 1.82) is 0 Å². The third-order valence-corrected chi connectivity index (χ3v) is 8.76. The number of hydrogen-bond donors (Lipinski definition) is 1. The van der Waals surface area contributed by atoms with Crippen molar-refractivity contribution < 1.29 is 22.3 Å². The number of aryl methyl sites for hydroxylation is 3. The van der Waals surface area contributed by atoms with E-state index in [1.54, 1.807) is 26.0 Å². The van der Waals surface area contributed by atoms with Gasteiger partial charge in [-0.1, -0.05) is 81.8 Å². The van der Waals surface area contributed by atoms with Crippen LogP contribution in [0.3, 0.4) is 0 Å². The van der Waals surface area contributed by atoms with E-state index in [0.29, 0.717) is 11.1 Å². The third-order valence-electron chi connectivity index (χ3n) is 7.62. The van der Waals surface area contributed by atoms with Crippen LogP contribution in [-0.4, -0.2) is 35.0 Å². The molecule has 0 spiro atoms. The van der Waals surface area contributed by atoms with E-state index in [9.17, 15) is 17.8 Å². The Morgan fingerprint density at radius 1 is 0.953 bits per heavy atom. The summed E-state index contributed by atoms with van der Waals surface area (Å²) in [7, 11) is -4.33. The minimum Gasteiger partial charge on any atom is -0.744 e. The van der Waals surface area contributed by atoms with E-state index in [1.165, 1.54) is 16.2 Å². The van der Waals surface area contributed by atoms with Crippen LogP contribution in [0, 0.1) is 33.1 Å². The molecule has 8 nitrogen and oxygen atoms in total. The molecule has 2 aromatic heterocycles. The third kappa shape index (κ3) is 4.91. The van der Waals surface area contributed by atoms with Gasteiger partial charge in [0, 0.05) is 16.8 Å². The van der Waals surface area contributed by atoms with Gasteiger partial charge >= 0.3 is 5.65 Å². The Morgan fingerprint density at radius 3 is 2.30 bits per heavy atom. The zero-order valence-corrected chi connectivity index (χ0v) is 24.7. The largest absolute Gasteiger partial charge is 0.744 e. The number of benzene rings is 4. The van der Waals surface area contributed by atoms with Crippen LogP contribution in [0.25, 0.3) is 49.1 Å². The topological polar surface area (TPSA) is 107 Å². The van der Waals surface area contributed by atoms with Crippen molar-refractivity contribution in [3.8, 4) is 12.3 Å². The van der Waals surface area contributed by atoms with Gasteiger partial charge in [0.25, 0.3) is 5.91 Å². The van der Waals surface area contributed by atoms with Crippen LogP contribution < -0.4 is 9.88 Å². The minimum atomic E-state index is -4.33. The molecule has 0 aliphatic heterocycles. The average molecular weight is 589 g/mol. The highest BCUT2D eigenvalue weighted by molar-refractivity contribution is 7.85. The Morgan fingerprint density at radius 2 is 1.63 bits per heavy atom. The zero-order valence-electron chi connectivity index (χ0n) is 23.9. The van der Waals surface area contributed by atoms with Crippen LogP contribution >= 0.6 is 0 Å². The molecule has 0 aliphatic carbocycles. The molecule has 0 radical (unpaired) electrons. The lowest BCUT2D eigenvalue weighted by Crippen LogP contribution is -2.43. The maximum atomic E-state index is 12.5. The molecule has 0 saturated heterocycles. The highest BCUT2D eigenvalue weighted by Gasteiger charge is 2.25.